The summed E-state index contributed by atoms with van der Waals surface area (Å²) in [6.07, 6.45) is 0.821. The molecule has 4 N–H and O–H groups in total. The van der Waals surface area contributed by atoms with Crippen LogP contribution in [-0.4, -0.2) is 49.8 Å². The number of aromatic nitrogens is 3. The Bertz CT molecular complexity index is 995. The average Bonchev–Trinajstić information content (AvgIpc) is 2.98. The average molecular weight is 431 g/mol. The first-order chi connectivity index (χ1) is 14.8. The molecule has 164 valence electrons. The van der Waals surface area contributed by atoms with Gasteiger partial charge in [0, 0.05) is 5.69 Å². The number of ether oxygens (including phenoxy) is 1. The zero-order valence-electron chi connectivity index (χ0n) is 17.0. The molecule has 0 spiro atoms. The van der Waals surface area contributed by atoms with Gasteiger partial charge in [-0.3, -0.25) is 14.5 Å². The summed E-state index contributed by atoms with van der Waals surface area (Å²) in [5.74, 6) is -1.65. The fraction of sp³-hybridized carbons (Fsp3) is 0.368. The lowest BCUT2D eigenvalue weighted by Crippen LogP contribution is -2.46. The first-order valence-corrected chi connectivity index (χ1v) is 9.59. The molecule has 2 aromatic rings. The van der Waals surface area contributed by atoms with Gasteiger partial charge in [-0.2, -0.15) is 15.0 Å². The lowest BCUT2D eigenvalue weighted by atomic mass is 9.93. The summed E-state index contributed by atoms with van der Waals surface area (Å²) in [6, 6.07) is 4.86. The number of benzene rings is 1. The molecule has 0 atom stereocenters. The van der Waals surface area contributed by atoms with Gasteiger partial charge in [0.05, 0.1) is 0 Å². The Morgan fingerprint density at radius 2 is 1.87 bits per heavy atom. The summed E-state index contributed by atoms with van der Waals surface area (Å²) >= 11 is 0. The van der Waals surface area contributed by atoms with Crippen molar-refractivity contribution >= 4 is 35.5 Å². The number of halogens is 1. The molecule has 1 aliphatic rings. The quantitative estimate of drug-likeness (QED) is 0.417. The third kappa shape index (κ3) is 4.85. The smallest absolute Gasteiger partial charge is 0.326 e. The van der Waals surface area contributed by atoms with E-state index >= 15 is 0 Å². The predicted octanol–water partition coefficient (Wildman–Crippen LogP) is 1.49. The number of nitrogens with zero attached hydrogens (tertiary/aromatic N) is 4. The first-order valence-electron chi connectivity index (χ1n) is 9.59. The number of nitrogen functional groups attached to an aromatic ring is 1. The molecule has 0 radical (unpaired) electrons. The zero-order chi connectivity index (χ0) is 22.6. The Kier molecular flexibility index (Phi) is 6.28. The molecule has 0 aliphatic carbocycles. The Balaban J connectivity index is 1.61. The summed E-state index contributed by atoms with van der Waals surface area (Å²) in [4.78, 5) is 49.6. The summed E-state index contributed by atoms with van der Waals surface area (Å²) in [5.41, 5.74) is 5.18. The van der Waals surface area contributed by atoms with E-state index in [0.29, 0.717) is 18.5 Å². The second-order valence-corrected chi connectivity index (χ2v) is 6.84. The normalized spacial score (nSPS) is 15.0. The topological polar surface area (TPSA) is 152 Å². The van der Waals surface area contributed by atoms with E-state index in [2.05, 4.69) is 25.6 Å². The molecule has 1 aliphatic heterocycles. The number of anilines is 3. The van der Waals surface area contributed by atoms with E-state index in [9.17, 15) is 18.8 Å². The maximum Gasteiger partial charge on any atom is 0.326 e. The highest BCUT2D eigenvalue weighted by molar-refractivity contribution is 6.08. The second kappa shape index (κ2) is 8.90. The van der Waals surface area contributed by atoms with Crippen LogP contribution in [0.2, 0.25) is 0 Å². The van der Waals surface area contributed by atoms with Crippen molar-refractivity contribution in [2.45, 2.75) is 38.8 Å². The fourth-order valence-electron chi connectivity index (χ4n) is 3.09. The van der Waals surface area contributed by atoms with E-state index in [1.54, 1.807) is 13.8 Å². The maximum absolute atomic E-state index is 13.0. The molecule has 3 rings (SSSR count). The van der Waals surface area contributed by atoms with E-state index in [0.717, 1.165) is 4.90 Å². The number of nitrogens with two attached hydrogens (primary N) is 1. The number of imide groups is 1. The highest BCUT2D eigenvalue weighted by Crippen LogP contribution is 2.24. The van der Waals surface area contributed by atoms with Crippen molar-refractivity contribution in [3.8, 4) is 0 Å². The molecule has 0 bridgehead atoms. The number of rotatable bonds is 8. The van der Waals surface area contributed by atoms with Crippen molar-refractivity contribution < 1.29 is 23.5 Å². The number of hydrogen-bond acceptors (Lipinski definition) is 9. The molecule has 2 heterocycles. The minimum absolute atomic E-state index is 0.0547. The highest BCUT2D eigenvalue weighted by atomic mass is 19.1. The van der Waals surface area contributed by atoms with Crippen LogP contribution in [0.5, 0.6) is 0 Å². The Hall–Kier alpha value is -3.83. The summed E-state index contributed by atoms with van der Waals surface area (Å²) in [5, 5.41) is 5.47. The van der Waals surface area contributed by atoms with Crippen LogP contribution in [0, 0.1) is 5.82 Å². The number of amides is 3. The zero-order valence-corrected chi connectivity index (χ0v) is 17.0. The van der Waals surface area contributed by atoms with Crippen molar-refractivity contribution in [1.82, 2.24) is 25.2 Å². The molecule has 1 fully saturated rings. The summed E-state index contributed by atoms with van der Waals surface area (Å²) in [6.45, 7) is 2.69. The van der Waals surface area contributed by atoms with Crippen LogP contribution in [0.1, 0.15) is 32.5 Å². The van der Waals surface area contributed by atoms with E-state index in [-0.39, 0.29) is 24.3 Å². The van der Waals surface area contributed by atoms with Crippen LogP contribution in [0.15, 0.2) is 24.3 Å². The SMILES string of the molecule is CCC1(CC)NC(=O)N(CC(=O)OCc2nc(N)nc(Nc3ccc(F)cc3)n2)C1=O. The molecule has 1 aromatic heterocycles. The molecular formula is C19H22FN7O4. The molecule has 1 aromatic carbocycles. The molecule has 3 amide bonds. The number of carbonyl (C=O) groups excluding carboxylic acids is 3. The third-order valence-electron chi connectivity index (χ3n) is 4.90. The number of esters is 1. The van der Waals surface area contributed by atoms with Gasteiger partial charge in [-0.25, -0.2) is 9.18 Å². The lowest BCUT2D eigenvalue weighted by molar-refractivity contribution is -0.149. The predicted molar refractivity (Wildman–Crippen MR) is 107 cm³/mol. The molecule has 1 saturated heterocycles. The number of carbonyl (C=O) groups is 3. The number of nitrogens with one attached hydrogen (secondary N) is 2. The van der Waals surface area contributed by atoms with Crippen molar-refractivity contribution in [2.75, 3.05) is 17.6 Å². The van der Waals surface area contributed by atoms with Crippen LogP contribution in [0.4, 0.5) is 26.8 Å². The third-order valence-corrected chi connectivity index (χ3v) is 4.90. The van der Waals surface area contributed by atoms with Crippen LogP contribution in [0.25, 0.3) is 0 Å². The molecule has 31 heavy (non-hydrogen) atoms. The van der Waals surface area contributed by atoms with Gasteiger partial charge < -0.3 is 21.1 Å². The van der Waals surface area contributed by atoms with E-state index in [4.69, 9.17) is 10.5 Å². The van der Waals surface area contributed by atoms with E-state index in [1.807, 2.05) is 0 Å². The van der Waals surface area contributed by atoms with Crippen molar-refractivity contribution in [1.29, 1.82) is 0 Å². The maximum atomic E-state index is 13.0. The second-order valence-electron chi connectivity index (χ2n) is 6.84. The van der Waals surface area contributed by atoms with Gasteiger partial charge in [-0.15, -0.1) is 0 Å². The van der Waals surface area contributed by atoms with Crippen molar-refractivity contribution in [3.05, 3.63) is 35.9 Å². The molecular weight excluding hydrogens is 409 g/mol. The molecule has 11 nitrogen and oxygen atoms in total. The fourth-order valence-corrected chi connectivity index (χ4v) is 3.09. The van der Waals surface area contributed by atoms with Gasteiger partial charge >= 0.3 is 12.0 Å². The highest BCUT2D eigenvalue weighted by Gasteiger charge is 2.49. The van der Waals surface area contributed by atoms with E-state index < -0.39 is 35.8 Å². The Morgan fingerprint density at radius 3 is 2.48 bits per heavy atom. The van der Waals surface area contributed by atoms with Crippen LogP contribution in [-0.2, 0) is 20.9 Å². The molecule has 0 unspecified atom stereocenters. The molecule has 12 heteroatoms. The lowest BCUT2D eigenvalue weighted by Gasteiger charge is -2.22. The van der Waals surface area contributed by atoms with Crippen molar-refractivity contribution in [3.63, 3.8) is 0 Å². The monoisotopic (exact) mass is 431 g/mol. The Morgan fingerprint density at radius 1 is 1.19 bits per heavy atom. The van der Waals surface area contributed by atoms with Crippen molar-refractivity contribution in [2.24, 2.45) is 0 Å². The number of urea groups is 1. The van der Waals surface area contributed by atoms with Gasteiger partial charge in [-0.05, 0) is 37.1 Å². The summed E-state index contributed by atoms with van der Waals surface area (Å²) < 4.78 is 18.1. The first kappa shape index (κ1) is 21.9. The summed E-state index contributed by atoms with van der Waals surface area (Å²) in [7, 11) is 0. The van der Waals surface area contributed by atoms with Crippen LogP contribution < -0.4 is 16.4 Å². The molecule has 0 saturated carbocycles. The van der Waals surface area contributed by atoms with Gasteiger partial charge in [0.25, 0.3) is 5.91 Å². The Labute approximate surface area is 177 Å². The van der Waals surface area contributed by atoms with Gasteiger partial charge in [0.1, 0.15) is 17.9 Å². The standard InChI is InChI=1S/C19H22FN7O4/c1-3-19(4-2)15(29)27(18(30)26-19)9-14(28)31-10-13-23-16(21)25-17(24-13)22-12-7-5-11(20)6-8-12/h5-8H,3-4,9-10H2,1-2H3,(H,26,30)(H3,21,22,23,24,25). The minimum atomic E-state index is -0.999. The van der Waals surface area contributed by atoms with E-state index in [1.165, 1.54) is 24.3 Å². The minimum Gasteiger partial charge on any atom is -0.456 e. The van der Waals surface area contributed by atoms with Gasteiger partial charge in [-0.1, -0.05) is 13.8 Å². The van der Waals surface area contributed by atoms with Gasteiger partial charge in [0.15, 0.2) is 12.4 Å². The largest absolute Gasteiger partial charge is 0.456 e. The van der Waals surface area contributed by atoms with Crippen LogP contribution in [0.3, 0.4) is 0 Å². The van der Waals surface area contributed by atoms with Gasteiger partial charge in [0.2, 0.25) is 11.9 Å². The number of hydrogen-bond donors (Lipinski definition) is 3. The van der Waals surface area contributed by atoms with Crippen LogP contribution >= 0.6 is 0 Å².